The van der Waals surface area contributed by atoms with Crippen molar-refractivity contribution >= 4 is 0 Å². The number of alkyl halides is 1. The molecule has 0 N–H and O–H groups in total. The molecule has 4 rings (SSSR count). The fourth-order valence-electron chi connectivity index (χ4n) is 7.27. The van der Waals surface area contributed by atoms with E-state index in [0.717, 1.165) is 51.4 Å². The zero-order valence-electron chi connectivity index (χ0n) is 22.6. The fraction of sp³-hybridized carbons (Fsp3) is 0.688. The highest BCUT2D eigenvalue weighted by Crippen LogP contribution is 2.53. The van der Waals surface area contributed by atoms with E-state index >= 15 is 8.78 Å². The maximum atomic E-state index is 16.8. The lowest BCUT2D eigenvalue weighted by Gasteiger charge is -2.46. The van der Waals surface area contributed by atoms with E-state index in [4.69, 9.17) is 4.74 Å². The minimum absolute atomic E-state index is 0.0547. The first-order valence-corrected chi connectivity index (χ1v) is 14.7. The molecular formula is C32H44F4O. The van der Waals surface area contributed by atoms with Gasteiger partial charge in [0.25, 0.3) is 0 Å². The zero-order valence-corrected chi connectivity index (χ0v) is 22.6. The third-order valence-electron chi connectivity index (χ3n) is 9.40. The second kappa shape index (κ2) is 12.8. The Kier molecular flexibility index (Phi) is 9.80. The quantitative estimate of drug-likeness (QED) is 0.220. The molecule has 0 radical (unpaired) electrons. The molecular weight excluding hydrogens is 476 g/mol. The molecule has 1 aromatic rings. The Balaban J connectivity index is 1.36. The summed E-state index contributed by atoms with van der Waals surface area (Å²) in [5, 5.41) is 0. The molecule has 1 aromatic carbocycles. The normalized spacial score (nSPS) is 32.3. The summed E-state index contributed by atoms with van der Waals surface area (Å²) in [7, 11) is 0. The summed E-state index contributed by atoms with van der Waals surface area (Å²) in [6.07, 6.45) is 17.0. The second-order valence-electron chi connectivity index (χ2n) is 11.7. The lowest BCUT2D eigenvalue weighted by atomic mass is 9.61. The van der Waals surface area contributed by atoms with Gasteiger partial charge in [-0.3, -0.25) is 0 Å². The third-order valence-corrected chi connectivity index (χ3v) is 9.40. The van der Waals surface area contributed by atoms with Gasteiger partial charge >= 0.3 is 0 Å². The van der Waals surface area contributed by atoms with Gasteiger partial charge < -0.3 is 4.74 Å². The summed E-state index contributed by atoms with van der Waals surface area (Å²) >= 11 is 0. The summed E-state index contributed by atoms with van der Waals surface area (Å²) in [6.45, 7) is 4.22. The molecule has 0 heterocycles. The standard InChI is InChI=1S/C32H44F4O/c1-3-5-6-8-22-13-18-26(19-14-22)32(36)27(9-7-10-29(32)33)24-15-11-23(12-16-24)21-25-17-20-28(37-4-2)31(35)30(25)34/h7,9-10,17,20,22-24,26-27H,3-6,8,11-16,18-19,21H2,1-2H3. The first-order chi connectivity index (χ1) is 17.9. The Morgan fingerprint density at radius 3 is 2.24 bits per heavy atom. The number of halogens is 4. The van der Waals surface area contributed by atoms with E-state index in [1.807, 2.05) is 6.08 Å². The van der Waals surface area contributed by atoms with Gasteiger partial charge in [0.2, 0.25) is 5.82 Å². The monoisotopic (exact) mass is 520 g/mol. The van der Waals surface area contributed by atoms with Gasteiger partial charge in [-0.05, 0) is 87.3 Å². The average Bonchev–Trinajstić information content (AvgIpc) is 2.91. The van der Waals surface area contributed by atoms with Crippen molar-refractivity contribution in [2.24, 2.45) is 29.6 Å². The van der Waals surface area contributed by atoms with Crippen molar-refractivity contribution in [3.8, 4) is 5.75 Å². The lowest BCUT2D eigenvalue weighted by molar-refractivity contribution is -0.0113. The Labute approximate surface area is 220 Å². The Morgan fingerprint density at radius 2 is 1.57 bits per heavy atom. The van der Waals surface area contributed by atoms with Gasteiger partial charge in [0.05, 0.1) is 6.61 Å². The van der Waals surface area contributed by atoms with Crippen molar-refractivity contribution in [2.75, 3.05) is 6.61 Å². The van der Waals surface area contributed by atoms with Crippen LogP contribution in [0.1, 0.15) is 96.5 Å². The number of unbranched alkanes of at least 4 members (excludes halogenated alkanes) is 2. The number of hydrogen-bond acceptors (Lipinski definition) is 1. The van der Waals surface area contributed by atoms with Crippen molar-refractivity contribution in [1.29, 1.82) is 0 Å². The van der Waals surface area contributed by atoms with Crippen LogP contribution in [-0.4, -0.2) is 12.3 Å². The van der Waals surface area contributed by atoms with Gasteiger partial charge in [0.1, 0.15) is 5.83 Å². The molecule has 5 heteroatoms. The highest BCUT2D eigenvalue weighted by Gasteiger charge is 2.53. The van der Waals surface area contributed by atoms with Gasteiger partial charge in [-0.25, -0.2) is 13.2 Å². The van der Waals surface area contributed by atoms with Crippen LogP contribution in [0.5, 0.6) is 5.75 Å². The molecule has 0 spiro atoms. The largest absolute Gasteiger partial charge is 0.491 e. The minimum atomic E-state index is -1.91. The molecule has 3 aliphatic rings. The van der Waals surface area contributed by atoms with Crippen LogP contribution < -0.4 is 4.74 Å². The first kappa shape index (κ1) is 28.2. The van der Waals surface area contributed by atoms with E-state index in [2.05, 4.69) is 6.92 Å². The molecule has 2 fully saturated rings. The van der Waals surface area contributed by atoms with Gasteiger partial charge in [-0.15, -0.1) is 0 Å². The van der Waals surface area contributed by atoms with Crippen molar-refractivity contribution in [3.05, 3.63) is 53.4 Å². The number of benzene rings is 1. The van der Waals surface area contributed by atoms with Crippen LogP contribution in [0.3, 0.4) is 0 Å². The third kappa shape index (κ3) is 6.28. The molecule has 0 bridgehead atoms. The zero-order chi connectivity index (χ0) is 26.4. The molecule has 0 aromatic heterocycles. The second-order valence-corrected chi connectivity index (χ2v) is 11.7. The van der Waals surface area contributed by atoms with E-state index in [1.54, 1.807) is 19.1 Å². The van der Waals surface area contributed by atoms with Crippen LogP contribution in [0.4, 0.5) is 17.6 Å². The van der Waals surface area contributed by atoms with Crippen LogP contribution in [-0.2, 0) is 6.42 Å². The Morgan fingerprint density at radius 1 is 0.865 bits per heavy atom. The summed E-state index contributed by atoms with van der Waals surface area (Å²) in [5.74, 6) is -2.18. The van der Waals surface area contributed by atoms with Gasteiger partial charge in [0.15, 0.2) is 17.2 Å². The number of rotatable bonds is 10. The molecule has 0 amide bonds. The van der Waals surface area contributed by atoms with Gasteiger partial charge in [-0.2, -0.15) is 4.39 Å². The van der Waals surface area contributed by atoms with Crippen molar-refractivity contribution in [2.45, 2.75) is 103 Å². The SMILES string of the molecule is CCCCCC1CCC(C2(F)C(F)=CC=CC2C2CCC(Cc3ccc(OCC)c(F)c3F)CC2)CC1. The van der Waals surface area contributed by atoms with Crippen LogP contribution in [0.2, 0.25) is 0 Å². The average molecular weight is 521 g/mol. The minimum Gasteiger partial charge on any atom is -0.491 e. The number of allylic oxidation sites excluding steroid dienone is 4. The van der Waals surface area contributed by atoms with Crippen LogP contribution in [0.25, 0.3) is 0 Å². The Bertz CT molecular complexity index is 940. The van der Waals surface area contributed by atoms with Gasteiger partial charge in [0, 0.05) is 11.8 Å². The van der Waals surface area contributed by atoms with Crippen molar-refractivity contribution < 1.29 is 22.3 Å². The molecule has 2 atom stereocenters. The van der Waals surface area contributed by atoms with Crippen LogP contribution >= 0.6 is 0 Å². The maximum Gasteiger partial charge on any atom is 0.200 e. The number of ether oxygens (including phenoxy) is 1. The molecule has 0 aliphatic heterocycles. The number of hydrogen-bond donors (Lipinski definition) is 0. The topological polar surface area (TPSA) is 9.23 Å². The molecule has 2 unspecified atom stereocenters. The predicted molar refractivity (Wildman–Crippen MR) is 142 cm³/mol. The molecule has 1 nitrogen and oxygen atoms in total. The molecule has 3 aliphatic carbocycles. The van der Waals surface area contributed by atoms with E-state index in [9.17, 15) is 8.78 Å². The summed E-state index contributed by atoms with van der Waals surface area (Å²) < 4.78 is 66.1. The maximum absolute atomic E-state index is 16.8. The summed E-state index contributed by atoms with van der Waals surface area (Å²) in [5.41, 5.74) is -1.54. The molecule has 0 saturated heterocycles. The summed E-state index contributed by atoms with van der Waals surface area (Å²) in [6, 6.07) is 3.12. The van der Waals surface area contributed by atoms with E-state index < -0.39 is 29.0 Å². The van der Waals surface area contributed by atoms with Gasteiger partial charge in [-0.1, -0.05) is 63.7 Å². The molecule has 37 heavy (non-hydrogen) atoms. The molecule has 206 valence electrons. The van der Waals surface area contributed by atoms with E-state index in [0.29, 0.717) is 17.9 Å². The van der Waals surface area contributed by atoms with Crippen LogP contribution in [0.15, 0.2) is 36.2 Å². The highest BCUT2D eigenvalue weighted by molar-refractivity contribution is 5.32. The molecule has 2 saturated carbocycles. The predicted octanol–water partition coefficient (Wildman–Crippen LogP) is 9.85. The summed E-state index contributed by atoms with van der Waals surface area (Å²) in [4.78, 5) is 0. The van der Waals surface area contributed by atoms with E-state index in [1.165, 1.54) is 37.8 Å². The smallest absolute Gasteiger partial charge is 0.200 e. The van der Waals surface area contributed by atoms with Crippen molar-refractivity contribution in [3.63, 3.8) is 0 Å². The highest BCUT2D eigenvalue weighted by atomic mass is 19.2. The Hall–Kier alpha value is -1.78. The van der Waals surface area contributed by atoms with Crippen LogP contribution in [0, 0.1) is 41.2 Å². The lowest BCUT2D eigenvalue weighted by Crippen LogP contribution is -2.47. The van der Waals surface area contributed by atoms with Crippen molar-refractivity contribution in [1.82, 2.24) is 0 Å². The first-order valence-electron chi connectivity index (χ1n) is 14.7. The fourth-order valence-corrected chi connectivity index (χ4v) is 7.27. The van der Waals surface area contributed by atoms with E-state index in [-0.39, 0.29) is 30.1 Å².